The van der Waals surface area contributed by atoms with E-state index in [1.54, 1.807) is 0 Å². The summed E-state index contributed by atoms with van der Waals surface area (Å²) in [5.41, 5.74) is 6.62. The molecule has 0 heterocycles. The van der Waals surface area contributed by atoms with Crippen molar-refractivity contribution in [1.82, 2.24) is 0 Å². The first-order valence-corrected chi connectivity index (χ1v) is 14.4. The molecule has 0 aliphatic heterocycles. The van der Waals surface area contributed by atoms with E-state index < -0.39 is 0 Å². The first-order chi connectivity index (χ1) is 20.8. The van der Waals surface area contributed by atoms with Gasteiger partial charge in [-0.2, -0.15) is 0 Å². The normalized spacial score (nSPS) is 11.4. The average Bonchev–Trinajstić information content (AvgIpc) is 3.06. The summed E-state index contributed by atoms with van der Waals surface area (Å²) >= 11 is 0. The Kier molecular flexibility index (Phi) is 8.92. The highest BCUT2D eigenvalue weighted by molar-refractivity contribution is 6.09. The van der Waals surface area contributed by atoms with Crippen LogP contribution in [0.2, 0.25) is 0 Å². The molecular formula is C38H38N4O. The van der Waals surface area contributed by atoms with Gasteiger partial charge in [0.15, 0.2) is 11.6 Å². The van der Waals surface area contributed by atoms with Gasteiger partial charge in [0.2, 0.25) is 0 Å². The zero-order chi connectivity index (χ0) is 30.3. The van der Waals surface area contributed by atoms with Crippen molar-refractivity contribution in [3.8, 4) is 0 Å². The molecule has 0 spiro atoms. The predicted octanol–water partition coefficient (Wildman–Crippen LogP) is 8.49. The molecule has 216 valence electrons. The number of amides is 1. The lowest BCUT2D eigenvalue weighted by Gasteiger charge is -2.40. The Hall–Kier alpha value is -5.29. The summed E-state index contributed by atoms with van der Waals surface area (Å²) < 4.78 is 0. The van der Waals surface area contributed by atoms with Gasteiger partial charge in [-0.1, -0.05) is 90.0 Å². The first kappa shape index (κ1) is 29.2. The molecule has 0 saturated heterocycles. The van der Waals surface area contributed by atoms with E-state index >= 15 is 0 Å². The highest BCUT2D eigenvalue weighted by Crippen LogP contribution is 2.34. The molecule has 5 aromatic rings. The fourth-order valence-corrected chi connectivity index (χ4v) is 5.10. The van der Waals surface area contributed by atoms with E-state index in [4.69, 9.17) is 0 Å². The van der Waals surface area contributed by atoms with Crippen LogP contribution in [0.25, 0.3) is 0 Å². The van der Waals surface area contributed by atoms with Crippen LogP contribution >= 0.6 is 0 Å². The van der Waals surface area contributed by atoms with E-state index in [0.29, 0.717) is 11.4 Å². The minimum Gasteiger partial charge on any atom is -0.328 e. The number of hydrogen-bond donors (Lipinski definition) is 0. The lowest BCUT2D eigenvalue weighted by Crippen LogP contribution is -2.45. The molecule has 5 aromatic carbocycles. The summed E-state index contributed by atoms with van der Waals surface area (Å²) in [6.07, 6.45) is 0. The van der Waals surface area contributed by atoms with Gasteiger partial charge >= 0.3 is 0 Å². The van der Waals surface area contributed by atoms with Crippen LogP contribution < -0.4 is 19.6 Å². The topological polar surface area (TPSA) is 30.0 Å². The highest BCUT2D eigenvalue weighted by atomic mass is 16.2. The fraction of sp³-hybridized carbons (Fsp3) is 0.132. The summed E-state index contributed by atoms with van der Waals surface area (Å²) in [7, 11) is 6.12. The molecule has 0 saturated carbocycles. The van der Waals surface area contributed by atoms with Gasteiger partial charge in [0.25, 0.3) is 5.91 Å². The van der Waals surface area contributed by atoms with E-state index in [1.165, 1.54) is 5.56 Å². The number of benzene rings is 5. The molecule has 0 bridgehead atoms. The molecule has 5 heteroatoms. The predicted molar refractivity (Wildman–Crippen MR) is 181 cm³/mol. The second kappa shape index (κ2) is 13.1. The number of aryl methyl sites for hydroxylation is 2. The number of anilines is 4. The second-order valence-corrected chi connectivity index (χ2v) is 10.7. The van der Waals surface area contributed by atoms with Gasteiger partial charge in [-0.05, 0) is 74.5 Å². The number of rotatable bonds is 9. The van der Waals surface area contributed by atoms with Crippen molar-refractivity contribution < 1.29 is 4.79 Å². The Labute approximate surface area is 255 Å². The molecule has 5 nitrogen and oxygen atoms in total. The Balaban J connectivity index is 1.86. The quantitative estimate of drug-likeness (QED) is 0.179. The monoisotopic (exact) mass is 566 g/mol. The molecule has 0 atom stereocenters. The molecular weight excluding hydrogens is 528 g/mol. The first-order valence-electron chi connectivity index (χ1n) is 14.4. The van der Waals surface area contributed by atoms with E-state index in [9.17, 15) is 4.79 Å². The van der Waals surface area contributed by atoms with Crippen molar-refractivity contribution in [2.45, 2.75) is 13.8 Å². The third-order valence-electron chi connectivity index (χ3n) is 7.59. The molecule has 0 aliphatic carbocycles. The average molecular weight is 567 g/mol. The van der Waals surface area contributed by atoms with Crippen molar-refractivity contribution in [3.05, 3.63) is 168 Å². The van der Waals surface area contributed by atoms with Gasteiger partial charge in [-0.3, -0.25) is 9.69 Å². The van der Waals surface area contributed by atoms with Crippen molar-refractivity contribution in [1.29, 1.82) is 0 Å². The van der Waals surface area contributed by atoms with Crippen molar-refractivity contribution in [2.24, 2.45) is 0 Å². The number of carbonyl (C=O) groups is 1. The SMILES string of the molecule is Cc1ccc(N(C)/C(=C(/N(C)c2ccccc2)N(C(=O)c2ccccc2)c2ccc(C)cc2)N(C)c2ccccc2)cc1. The molecule has 5 rings (SSSR count). The second-order valence-electron chi connectivity index (χ2n) is 10.7. The lowest BCUT2D eigenvalue weighted by atomic mass is 10.1. The fourth-order valence-electron chi connectivity index (χ4n) is 5.10. The minimum absolute atomic E-state index is 0.126. The van der Waals surface area contributed by atoms with E-state index in [2.05, 4.69) is 91.2 Å². The van der Waals surface area contributed by atoms with Gasteiger partial charge in [0, 0.05) is 43.8 Å². The maximum atomic E-state index is 14.7. The van der Waals surface area contributed by atoms with Crippen LogP contribution in [0.15, 0.2) is 151 Å². The minimum atomic E-state index is -0.126. The maximum absolute atomic E-state index is 14.7. The van der Waals surface area contributed by atoms with Crippen molar-refractivity contribution >= 4 is 28.7 Å². The number of carbonyl (C=O) groups excluding carboxylic acids is 1. The number of nitrogens with zero attached hydrogens (tertiary/aromatic N) is 4. The molecule has 0 aromatic heterocycles. The lowest BCUT2D eigenvalue weighted by molar-refractivity contribution is 0.0994. The van der Waals surface area contributed by atoms with Crippen LogP contribution in [0.1, 0.15) is 21.5 Å². The van der Waals surface area contributed by atoms with Gasteiger partial charge in [-0.25, -0.2) is 0 Å². The van der Waals surface area contributed by atoms with Crippen molar-refractivity contribution in [3.63, 3.8) is 0 Å². The summed E-state index contributed by atoms with van der Waals surface area (Å²) in [5, 5.41) is 0. The number of hydrogen-bond acceptors (Lipinski definition) is 4. The van der Waals surface area contributed by atoms with Crippen LogP contribution in [0.3, 0.4) is 0 Å². The molecule has 1 amide bonds. The van der Waals surface area contributed by atoms with Crippen LogP contribution in [0.4, 0.5) is 22.7 Å². The summed E-state index contributed by atoms with van der Waals surface area (Å²) in [6, 6.07) is 46.4. The van der Waals surface area contributed by atoms with E-state index in [1.807, 2.05) is 103 Å². The third-order valence-corrected chi connectivity index (χ3v) is 7.59. The van der Waals surface area contributed by atoms with E-state index in [0.717, 1.165) is 34.1 Å². The third kappa shape index (κ3) is 6.47. The smallest absolute Gasteiger partial charge is 0.264 e. The summed E-state index contributed by atoms with van der Waals surface area (Å²) in [5.74, 6) is 1.41. The standard InChI is InChI=1S/C38H38N4O/c1-29-21-25-34(26-22-29)40(4)36(39(3)32-17-11-7-12-18-32)37(41(5)33-19-13-8-14-20-33)42(35-27-23-30(2)24-28-35)38(43)31-15-9-6-10-16-31/h6-28H,1-5H3/b37-36-. The molecule has 0 N–H and O–H groups in total. The maximum Gasteiger partial charge on any atom is 0.264 e. The zero-order valence-electron chi connectivity index (χ0n) is 25.5. The van der Waals surface area contributed by atoms with Gasteiger partial charge in [0.1, 0.15) is 0 Å². The Morgan fingerprint density at radius 3 is 1.21 bits per heavy atom. The molecule has 0 aliphatic rings. The van der Waals surface area contributed by atoms with Crippen LogP contribution in [-0.2, 0) is 0 Å². The van der Waals surface area contributed by atoms with Gasteiger partial charge < -0.3 is 14.7 Å². The zero-order valence-corrected chi connectivity index (χ0v) is 25.5. The Morgan fingerprint density at radius 2 is 0.767 bits per heavy atom. The van der Waals surface area contributed by atoms with Crippen molar-refractivity contribution in [2.75, 3.05) is 40.7 Å². The molecule has 0 unspecified atom stereocenters. The summed E-state index contributed by atoms with van der Waals surface area (Å²) in [4.78, 5) is 22.9. The largest absolute Gasteiger partial charge is 0.328 e. The molecule has 0 radical (unpaired) electrons. The van der Waals surface area contributed by atoms with Crippen LogP contribution in [0.5, 0.6) is 0 Å². The Morgan fingerprint density at radius 1 is 0.419 bits per heavy atom. The molecule has 43 heavy (non-hydrogen) atoms. The molecule has 0 fully saturated rings. The van der Waals surface area contributed by atoms with Gasteiger partial charge in [-0.15, -0.1) is 0 Å². The highest BCUT2D eigenvalue weighted by Gasteiger charge is 2.32. The van der Waals surface area contributed by atoms with Crippen LogP contribution in [0, 0.1) is 13.8 Å². The summed E-state index contributed by atoms with van der Waals surface area (Å²) in [6.45, 7) is 4.14. The van der Waals surface area contributed by atoms with Gasteiger partial charge in [0.05, 0.1) is 5.69 Å². The Bertz CT molecular complexity index is 1670. The van der Waals surface area contributed by atoms with E-state index in [-0.39, 0.29) is 5.91 Å². The van der Waals surface area contributed by atoms with Crippen LogP contribution in [-0.4, -0.2) is 27.1 Å². The number of para-hydroxylation sites is 2.